The molecule has 0 aliphatic rings. The molecule has 0 bridgehead atoms. The summed E-state index contributed by atoms with van der Waals surface area (Å²) in [6, 6.07) is 20.0. The van der Waals surface area contributed by atoms with Gasteiger partial charge in [-0.05, 0) is 24.0 Å². The van der Waals surface area contributed by atoms with Crippen molar-refractivity contribution in [1.29, 1.82) is 0 Å². The van der Waals surface area contributed by atoms with Crippen molar-refractivity contribution < 1.29 is 14.8 Å². The van der Waals surface area contributed by atoms with Crippen LogP contribution < -0.4 is 11.4 Å². The van der Waals surface area contributed by atoms with Crippen LogP contribution in [0.2, 0.25) is 0 Å². The second kappa shape index (κ2) is 10.9. The molecule has 0 aliphatic heterocycles. The number of carbonyl (C=O) groups excluding carboxylic acids is 1. The Balaban J connectivity index is 2.04. The number of nitrogens with one attached hydrogen (secondary N) is 1. The minimum Gasteiger partial charge on any atom is -0.416 e. The molecule has 0 aliphatic carbocycles. The van der Waals surface area contributed by atoms with Crippen molar-refractivity contribution in [3.8, 4) is 0 Å². The van der Waals surface area contributed by atoms with Crippen molar-refractivity contribution in [1.82, 2.24) is 15.0 Å². The highest BCUT2D eigenvalue weighted by atomic mass is 16.6. The lowest BCUT2D eigenvalue weighted by molar-refractivity contribution is -0.129. The number of nitrogens with zero attached hydrogens (tertiary/aromatic N) is 2. The Hall–Kier alpha value is -3.42. The number of hydrogen-bond donors (Lipinski definition) is 3. The number of allylic oxidation sites excluding steroid dienone is 2. The maximum absolute atomic E-state index is 11.4. The van der Waals surface area contributed by atoms with Gasteiger partial charge in [-0.25, -0.2) is 10.5 Å². The van der Waals surface area contributed by atoms with Gasteiger partial charge in [-0.15, -0.1) is 0 Å². The first kappa shape index (κ1) is 21.3. The zero-order valence-corrected chi connectivity index (χ0v) is 16.6. The SMILES string of the molecule is NOC(CCCC(=O)NO)=C(c1ccccc1)C(Cc1ccccc1)n1ccnc1. The average Bonchev–Trinajstić information content (AvgIpc) is 3.33. The number of hydrogen-bond acceptors (Lipinski definition) is 5. The van der Waals surface area contributed by atoms with Gasteiger partial charge < -0.3 is 9.40 Å². The molecule has 1 unspecified atom stereocenters. The van der Waals surface area contributed by atoms with E-state index in [1.807, 2.05) is 59.3 Å². The van der Waals surface area contributed by atoms with Gasteiger partial charge in [0.15, 0.2) is 0 Å². The Labute approximate surface area is 175 Å². The van der Waals surface area contributed by atoms with Crippen LogP contribution in [0.25, 0.3) is 5.57 Å². The second-order valence-electron chi connectivity index (χ2n) is 6.92. The topological polar surface area (TPSA) is 102 Å². The summed E-state index contributed by atoms with van der Waals surface area (Å²) in [6.07, 6.45) is 7.26. The van der Waals surface area contributed by atoms with Crippen LogP contribution in [0.3, 0.4) is 0 Å². The molecule has 7 heteroatoms. The van der Waals surface area contributed by atoms with Crippen LogP contribution in [0.15, 0.2) is 85.1 Å². The Bertz CT molecular complexity index is 941. The summed E-state index contributed by atoms with van der Waals surface area (Å²) in [5.41, 5.74) is 4.74. The quantitative estimate of drug-likeness (QED) is 0.271. The Morgan fingerprint density at radius 1 is 1.10 bits per heavy atom. The molecule has 7 nitrogen and oxygen atoms in total. The molecule has 1 heterocycles. The molecule has 3 aromatic rings. The zero-order valence-electron chi connectivity index (χ0n) is 16.6. The first-order chi connectivity index (χ1) is 14.7. The fraction of sp³-hybridized carbons (Fsp3) is 0.217. The van der Waals surface area contributed by atoms with Gasteiger partial charge in [-0.2, -0.15) is 5.90 Å². The van der Waals surface area contributed by atoms with Crippen molar-refractivity contribution in [2.45, 2.75) is 31.7 Å². The van der Waals surface area contributed by atoms with Gasteiger partial charge in [-0.1, -0.05) is 60.7 Å². The van der Waals surface area contributed by atoms with Gasteiger partial charge in [0.2, 0.25) is 5.91 Å². The van der Waals surface area contributed by atoms with Crippen LogP contribution in [0.5, 0.6) is 0 Å². The number of nitrogens with two attached hydrogens (primary N) is 1. The molecule has 156 valence electrons. The van der Waals surface area contributed by atoms with Crippen molar-refractivity contribution in [3.05, 3.63) is 96.3 Å². The molecule has 1 amide bonds. The van der Waals surface area contributed by atoms with E-state index in [2.05, 4.69) is 17.1 Å². The first-order valence-corrected chi connectivity index (χ1v) is 9.82. The molecule has 0 fully saturated rings. The number of amides is 1. The van der Waals surface area contributed by atoms with E-state index in [0.717, 1.165) is 11.1 Å². The average molecular weight is 406 g/mol. The lowest BCUT2D eigenvalue weighted by Crippen LogP contribution is -2.19. The van der Waals surface area contributed by atoms with Gasteiger partial charge in [0.05, 0.1) is 12.4 Å². The van der Waals surface area contributed by atoms with Crippen molar-refractivity contribution in [2.75, 3.05) is 0 Å². The van der Waals surface area contributed by atoms with Gasteiger partial charge >= 0.3 is 0 Å². The maximum Gasteiger partial charge on any atom is 0.243 e. The summed E-state index contributed by atoms with van der Waals surface area (Å²) in [5.74, 6) is 5.87. The van der Waals surface area contributed by atoms with Gasteiger partial charge in [0.1, 0.15) is 5.76 Å². The van der Waals surface area contributed by atoms with Gasteiger partial charge in [0, 0.05) is 30.8 Å². The number of hydroxylamine groups is 1. The minimum absolute atomic E-state index is 0.109. The molecule has 0 radical (unpaired) electrons. The largest absolute Gasteiger partial charge is 0.416 e. The van der Waals surface area contributed by atoms with E-state index >= 15 is 0 Å². The summed E-state index contributed by atoms with van der Waals surface area (Å²) < 4.78 is 2.04. The monoisotopic (exact) mass is 406 g/mol. The predicted molar refractivity (Wildman–Crippen MR) is 114 cm³/mol. The fourth-order valence-corrected chi connectivity index (χ4v) is 3.53. The molecule has 1 aromatic heterocycles. The molecule has 0 spiro atoms. The standard InChI is InChI=1S/C23H26N4O3/c24-30-21(12-7-13-22(28)26-29)23(19-10-5-2-6-11-19)20(27-15-14-25-17-27)16-18-8-3-1-4-9-18/h1-6,8-11,14-15,17,20,29H,7,12-13,16,24H2,(H,26,28). The highest BCUT2D eigenvalue weighted by Gasteiger charge is 2.23. The highest BCUT2D eigenvalue weighted by Crippen LogP contribution is 2.35. The minimum atomic E-state index is -0.442. The van der Waals surface area contributed by atoms with E-state index in [9.17, 15) is 4.79 Å². The summed E-state index contributed by atoms with van der Waals surface area (Å²) in [6.45, 7) is 0. The van der Waals surface area contributed by atoms with E-state index in [-0.39, 0.29) is 12.5 Å². The van der Waals surface area contributed by atoms with E-state index in [1.54, 1.807) is 18.0 Å². The van der Waals surface area contributed by atoms with E-state index in [1.165, 1.54) is 5.56 Å². The smallest absolute Gasteiger partial charge is 0.243 e. The second-order valence-corrected chi connectivity index (χ2v) is 6.92. The van der Waals surface area contributed by atoms with Gasteiger partial charge in [-0.3, -0.25) is 10.0 Å². The summed E-state index contributed by atoms with van der Waals surface area (Å²) in [4.78, 5) is 21.0. The van der Waals surface area contributed by atoms with Crippen LogP contribution in [-0.4, -0.2) is 20.7 Å². The lowest BCUT2D eigenvalue weighted by Gasteiger charge is -2.25. The lowest BCUT2D eigenvalue weighted by atomic mass is 9.90. The summed E-state index contributed by atoms with van der Waals surface area (Å²) in [5, 5.41) is 8.74. The molecule has 2 aromatic carbocycles. The molecule has 4 N–H and O–H groups in total. The normalized spacial score (nSPS) is 12.7. The molecular formula is C23H26N4O3. The highest BCUT2D eigenvalue weighted by molar-refractivity contribution is 5.74. The molecule has 30 heavy (non-hydrogen) atoms. The molecule has 1 atom stereocenters. The zero-order chi connectivity index (χ0) is 21.2. The molecule has 0 saturated carbocycles. The number of imidazole rings is 1. The van der Waals surface area contributed by atoms with Crippen LogP contribution in [-0.2, 0) is 16.1 Å². The van der Waals surface area contributed by atoms with Crippen molar-refractivity contribution in [3.63, 3.8) is 0 Å². The van der Waals surface area contributed by atoms with Crippen LogP contribution >= 0.6 is 0 Å². The Kier molecular flexibility index (Phi) is 7.77. The first-order valence-electron chi connectivity index (χ1n) is 9.82. The third-order valence-electron chi connectivity index (χ3n) is 4.95. The van der Waals surface area contributed by atoms with E-state index < -0.39 is 5.91 Å². The summed E-state index contributed by atoms with van der Waals surface area (Å²) >= 11 is 0. The van der Waals surface area contributed by atoms with Gasteiger partial charge in [0.25, 0.3) is 0 Å². The maximum atomic E-state index is 11.4. The molecule has 0 saturated heterocycles. The number of carbonyl (C=O) groups is 1. The molecule has 3 rings (SSSR count). The van der Waals surface area contributed by atoms with Crippen molar-refractivity contribution in [2.24, 2.45) is 5.90 Å². The predicted octanol–water partition coefficient (Wildman–Crippen LogP) is 3.64. The Morgan fingerprint density at radius 3 is 2.40 bits per heavy atom. The van der Waals surface area contributed by atoms with Crippen LogP contribution in [0.4, 0.5) is 0 Å². The third-order valence-corrected chi connectivity index (χ3v) is 4.95. The third kappa shape index (κ3) is 5.56. The van der Waals surface area contributed by atoms with Crippen LogP contribution in [0.1, 0.15) is 36.4 Å². The number of aromatic nitrogens is 2. The number of rotatable bonds is 10. The summed E-state index contributed by atoms with van der Waals surface area (Å²) in [7, 11) is 0. The molecular weight excluding hydrogens is 380 g/mol. The van der Waals surface area contributed by atoms with Crippen LogP contribution in [0, 0.1) is 0 Å². The fourth-order valence-electron chi connectivity index (χ4n) is 3.53. The van der Waals surface area contributed by atoms with E-state index in [4.69, 9.17) is 15.9 Å². The van der Waals surface area contributed by atoms with Crippen molar-refractivity contribution >= 4 is 11.5 Å². The number of benzene rings is 2. The Morgan fingerprint density at radius 2 is 1.80 bits per heavy atom. The van der Waals surface area contributed by atoms with E-state index in [0.29, 0.717) is 25.0 Å².